The number of nitrogens with zero attached hydrogens (tertiary/aromatic N) is 2. The Hall–Kier alpha value is -0.610. The molecule has 0 aromatic carbocycles. The van der Waals surface area contributed by atoms with E-state index in [-0.39, 0.29) is 5.91 Å². The van der Waals surface area contributed by atoms with Crippen LogP contribution >= 0.6 is 0 Å². The molecule has 0 bridgehead atoms. The van der Waals surface area contributed by atoms with Gasteiger partial charge in [0.2, 0.25) is 5.91 Å². The van der Waals surface area contributed by atoms with E-state index < -0.39 is 0 Å². The first-order valence-corrected chi connectivity index (χ1v) is 5.47. The summed E-state index contributed by atoms with van der Waals surface area (Å²) < 4.78 is 0. The zero-order chi connectivity index (χ0) is 9.97. The Kier molecular flexibility index (Phi) is 3.03. The molecule has 2 fully saturated rings. The molecule has 1 amide bonds. The zero-order valence-electron chi connectivity index (χ0n) is 8.83. The van der Waals surface area contributed by atoms with Crippen LogP contribution in [0.2, 0.25) is 0 Å². The van der Waals surface area contributed by atoms with E-state index in [2.05, 4.69) is 10.2 Å². The van der Waals surface area contributed by atoms with Gasteiger partial charge in [-0.1, -0.05) is 0 Å². The van der Waals surface area contributed by atoms with E-state index in [1.54, 1.807) is 0 Å². The Balaban J connectivity index is 1.87. The average Bonchev–Trinajstić information content (AvgIpc) is 2.64. The van der Waals surface area contributed by atoms with Gasteiger partial charge in [-0.15, -0.1) is 0 Å². The average molecular weight is 197 g/mol. The second kappa shape index (κ2) is 4.28. The van der Waals surface area contributed by atoms with Crippen molar-refractivity contribution < 1.29 is 4.79 Å². The molecule has 80 valence electrons. The quantitative estimate of drug-likeness (QED) is 0.649. The number of likely N-dealkylation sites (N-methyl/N-ethyl adjacent to an activating group) is 1. The normalized spacial score (nSPS) is 27.8. The topological polar surface area (TPSA) is 35.6 Å². The van der Waals surface area contributed by atoms with Gasteiger partial charge in [0, 0.05) is 25.7 Å². The first kappa shape index (κ1) is 9.93. The number of rotatable bonds is 2. The van der Waals surface area contributed by atoms with Crippen molar-refractivity contribution in [3.8, 4) is 0 Å². The monoisotopic (exact) mass is 197 g/mol. The number of amides is 1. The molecule has 0 radical (unpaired) electrons. The third-order valence-electron chi connectivity index (χ3n) is 3.27. The number of nitrogens with one attached hydrogen (secondary N) is 1. The predicted molar refractivity (Wildman–Crippen MR) is 55.1 cm³/mol. The van der Waals surface area contributed by atoms with Crippen molar-refractivity contribution in [2.75, 3.05) is 39.8 Å². The number of piperazine rings is 1. The number of carbonyl (C=O) groups is 1. The summed E-state index contributed by atoms with van der Waals surface area (Å²) >= 11 is 0. The van der Waals surface area contributed by atoms with E-state index in [9.17, 15) is 4.79 Å². The van der Waals surface area contributed by atoms with E-state index >= 15 is 0 Å². The van der Waals surface area contributed by atoms with Crippen molar-refractivity contribution in [2.45, 2.75) is 18.9 Å². The van der Waals surface area contributed by atoms with E-state index in [1.807, 2.05) is 11.9 Å². The summed E-state index contributed by atoms with van der Waals surface area (Å²) in [5.74, 6) is 0.249. The molecule has 0 saturated carbocycles. The lowest BCUT2D eigenvalue weighted by atomic mass is 10.1. The maximum atomic E-state index is 11.6. The van der Waals surface area contributed by atoms with Crippen LogP contribution in [-0.2, 0) is 4.79 Å². The molecule has 2 aliphatic rings. The number of fused-ring (bicyclic) bond motifs is 1. The van der Waals surface area contributed by atoms with Crippen LogP contribution in [0.3, 0.4) is 0 Å². The van der Waals surface area contributed by atoms with Crippen molar-refractivity contribution in [3.05, 3.63) is 0 Å². The third-order valence-corrected chi connectivity index (χ3v) is 3.27. The Labute approximate surface area is 85.2 Å². The van der Waals surface area contributed by atoms with Gasteiger partial charge in [-0.05, 0) is 26.4 Å². The second-order valence-electron chi connectivity index (χ2n) is 4.20. The van der Waals surface area contributed by atoms with Crippen molar-refractivity contribution in [1.29, 1.82) is 0 Å². The molecule has 2 saturated heterocycles. The molecule has 4 nitrogen and oxygen atoms in total. The van der Waals surface area contributed by atoms with E-state index in [1.165, 1.54) is 19.4 Å². The number of hydrogen-bond donors (Lipinski definition) is 1. The van der Waals surface area contributed by atoms with Gasteiger partial charge in [-0.2, -0.15) is 0 Å². The van der Waals surface area contributed by atoms with Crippen molar-refractivity contribution in [3.63, 3.8) is 0 Å². The lowest BCUT2D eigenvalue weighted by Crippen LogP contribution is -2.53. The lowest BCUT2D eigenvalue weighted by Gasteiger charge is -2.37. The molecule has 1 unspecified atom stereocenters. The largest absolute Gasteiger partial charge is 0.339 e. The fourth-order valence-corrected chi connectivity index (χ4v) is 2.48. The minimum absolute atomic E-state index is 0.249. The van der Waals surface area contributed by atoms with Crippen molar-refractivity contribution >= 4 is 5.91 Å². The molecule has 0 aromatic heterocycles. The first-order chi connectivity index (χ1) is 6.81. The van der Waals surface area contributed by atoms with Crippen molar-refractivity contribution in [1.82, 2.24) is 15.1 Å². The highest BCUT2D eigenvalue weighted by Gasteiger charge is 2.31. The molecule has 0 spiro atoms. The van der Waals surface area contributed by atoms with Crippen LogP contribution in [0, 0.1) is 0 Å². The lowest BCUT2D eigenvalue weighted by molar-refractivity contribution is -0.132. The molecule has 4 heteroatoms. The fourth-order valence-electron chi connectivity index (χ4n) is 2.48. The summed E-state index contributed by atoms with van der Waals surface area (Å²) in [6, 6.07) is 0.643. The Morgan fingerprint density at radius 1 is 1.43 bits per heavy atom. The molecule has 14 heavy (non-hydrogen) atoms. The zero-order valence-corrected chi connectivity index (χ0v) is 8.83. The number of hydrogen-bond acceptors (Lipinski definition) is 3. The minimum atomic E-state index is 0.249. The maximum Gasteiger partial charge on any atom is 0.236 e. The summed E-state index contributed by atoms with van der Waals surface area (Å²) in [5, 5.41) is 2.92. The van der Waals surface area contributed by atoms with E-state index in [0.29, 0.717) is 12.6 Å². The molecular formula is C10H19N3O. The molecule has 1 atom stereocenters. The standard InChI is InChI=1S/C10H19N3O/c1-11-7-10(14)13-6-5-12-4-2-3-9(12)8-13/h9,11H,2-8H2,1H3. The highest BCUT2D eigenvalue weighted by molar-refractivity contribution is 5.78. The first-order valence-electron chi connectivity index (χ1n) is 5.47. The predicted octanol–water partition coefficient (Wildman–Crippen LogP) is -0.488. The van der Waals surface area contributed by atoms with Gasteiger partial charge in [0.15, 0.2) is 0 Å². The fraction of sp³-hybridized carbons (Fsp3) is 0.900. The molecule has 0 aliphatic carbocycles. The molecular weight excluding hydrogens is 178 g/mol. The highest BCUT2D eigenvalue weighted by atomic mass is 16.2. The summed E-state index contributed by atoms with van der Waals surface area (Å²) in [5.41, 5.74) is 0. The molecule has 1 N–H and O–H groups in total. The molecule has 2 heterocycles. The second-order valence-corrected chi connectivity index (χ2v) is 4.20. The van der Waals surface area contributed by atoms with Gasteiger partial charge in [-0.25, -0.2) is 0 Å². The van der Waals surface area contributed by atoms with Crippen LogP contribution in [0.25, 0.3) is 0 Å². The minimum Gasteiger partial charge on any atom is -0.339 e. The van der Waals surface area contributed by atoms with Crippen LogP contribution in [0.1, 0.15) is 12.8 Å². The Morgan fingerprint density at radius 3 is 3.07 bits per heavy atom. The van der Waals surface area contributed by atoms with Gasteiger partial charge in [0.05, 0.1) is 6.54 Å². The molecule has 0 aromatic rings. The Morgan fingerprint density at radius 2 is 2.29 bits per heavy atom. The van der Waals surface area contributed by atoms with Crippen LogP contribution in [0.15, 0.2) is 0 Å². The maximum absolute atomic E-state index is 11.6. The van der Waals surface area contributed by atoms with Gasteiger partial charge >= 0.3 is 0 Å². The van der Waals surface area contributed by atoms with Gasteiger partial charge < -0.3 is 10.2 Å². The Bertz CT molecular complexity index is 219. The van der Waals surface area contributed by atoms with E-state index in [4.69, 9.17) is 0 Å². The molecule has 2 rings (SSSR count). The number of carbonyl (C=O) groups excluding carboxylic acids is 1. The molecule has 2 aliphatic heterocycles. The van der Waals surface area contributed by atoms with E-state index in [0.717, 1.165) is 19.6 Å². The summed E-state index contributed by atoms with van der Waals surface area (Å²) in [4.78, 5) is 16.2. The summed E-state index contributed by atoms with van der Waals surface area (Å²) in [6.07, 6.45) is 2.57. The van der Waals surface area contributed by atoms with Crippen LogP contribution < -0.4 is 5.32 Å². The van der Waals surface area contributed by atoms with Gasteiger partial charge in [-0.3, -0.25) is 9.69 Å². The van der Waals surface area contributed by atoms with Crippen LogP contribution in [-0.4, -0.2) is 61.5 Å². The van der Waals surface area contributed by atoms with Gasteiger partial charge in [0.25, 0.3) is 0 Å². The summed E-state index contributed by atoms with van der Waals surface area (Å²) in [7, 11) is 1.82. The summed E-state index contributed by atoms with van der Waals surface area (Å²) in [6.45, 7) is 4.64. The SMILES string of the molecule is CNCC(=O)N1CCN2CCCC2C1. The third kappa shape index (κ3) is 1.91. The van der Waals surface area contributed by atoms with Gasteiger partial charge in [0.1, 0.15) is 0 Å². The highest BCUT2D eigenvalue weighted by Crippen LogP contribution is 2.21. The smallest absolute Gasteiger partial charge is 0.236 e. The van der Waals surface area contributed by atoms with Crippen LogP contribution in [0.5, 0.6) is 0 Å². The van der Waals surface area contributed by atoms with Crippen molar-refractivity contribution in [2.24, 2.45) is 0 Å². The van der Waals surface area contributed by atoms with Crippen LogP contribution in [0.4, 0.5) is 0 Å².